The Balaban J connectivity index is 4.28. The summed E-state index contributed by atoms with van der Waals surface area (Å²) in [4.78, 5) is 29.0. The lowest BCUT2D eigenvalue weighted by Crippen LogP contribution is -2.18. The number of phosphoric ester groups is 1. The lowest BCUT2D eigenvalue weighted by molar-refractivity contribution is -0.159. The van der Waals surface area contributed by atoms with Crippen molar-refractivity contribution in [3.05, 3.63) is 0 Å². The van der Waals surface area contributed by atoms with Crippen LogP contribution in [0.1, 0.15) is 6.92 Å². The van der Waals surface area contributed by atoms with Gasteiger partial charge >= 0.3 is 19.8 Å². The van der Waals surface area contributed by atoms with E-state index in [0.29, 0.717) is 0 Å². The number of aliphatic carboxylic acids is 1. The molecule has 14 heavy (non-hydrogen) atoms. The number of aliphatic hydroxyl groups excluding tert-OH is 1. The van der Waals surface area contributed by atoms with Crippen LogP contribution in [-0.2, 0) is 23.2 Å². The minimum absolute atomic E-state index is 0.574. The van der Waals surface area contributed by atoms with Crippen LogP contribution in [0.5, 0.6) is 0 Å². The predicted octanol–water partition coefficient (Wildman–Crippen LogP) is -0.888. The van der Waals surface area contributed by atoms with Crippen molar-refractivity contribution < 1.29 is 38.3 Å². The molecule has 0 aliphatic carbocycles. The Kier molecular flexibility index (Phi) is 4.72. The number of carbonyl (C=O) groups excluding carboxylic acids is 1. The SMILES string of the molecule is CC(CO)OP(=O)(O)OC(=O)C(=O)O. The fourth-order valence-corrected chi connectivity index (χ4v) is 1.28. The second kappa shape index (κ2) is 5.06. The first-order valence-electron chi connectivity index (χ1n) is 3.37. The summed E-state index contributed by atoms with van der Waals surface area (Å²) in [6.07, 6.45) is -1.05. The predicted molar refractivity (Wildman–Crippen MR) is 41.2 cm³/mol. The van der Waals surface area contributed by atoms with Crippen molar-refractivity contribution in [1.82, 2.24) is 0 Å². The molecule has 9 heteroatoms. The Bertz CT molecular complexity index is 273. The highest BCUT2D eigenvalue weighted by Crippen LogP contribution is 2.44. The van der Waals surface area contributed by atoms with Crippen molar-refractivity contribution in [1.29, 1.82) is 0 Å². The van der Waals surface area contributed by atoms with Crippen LogP contribution >= 0.6 is 7.82 Å². The maximum atomic E-state index is 10.8. The zero-order chi connectivity index (χ0) is 11.4. The van der Waals surface area contributed by atoms with Gasteiger partial charge in [-0.3, -0.25) is 9.42 Å². The third-order valence-corrected chi connectivity index (χ3v) is 1.97. The number of carboxylic acids is 1. The van der Waals surface area contributed by atoms with Gasteiger partial charge in [0.15, 0.2) is 0 Å². The van der Waals surface area contributed by atoms with Crippen molar-refractivity contribution in [3.8, 4) is 0 Å². The van der Waals surface area contributed by atoms with E-state index in [0.717, 1.165) is 0 Å². The second-order valence-corrected chi connectivity index (χ2v) is 3.58. The van der Waals surface area contributed by atoms with Crippen molar-refractivity contribution in [3.63, 3.8) is 0 Å². The highest BCUT2D eigenvalue weighted by Gasteiger charge is 2.31. The van der Waals surface area contributed by atoms with Gasteiger partial charge in [-0.1, -0.05) is 0 Å². The molecule has 0 spiro atoms. The average molecular weight is 228 g/mol. The number of rotatable bonds is 4. The molecule has 0 saturated carbocycles. The molecule has 0 aromatic carbocycles. The molecule has 8 nitrogen and oxygen atoms in total. The molecular weight excluding hydrogens is 219 g/mol. The molecule has 0 saturated heterocycles. The molecule has 0 amide bonds. The van der Waals surface area contributed by atoms with Crippen molar-refractivity contribution in [2.45, 2.75) is 13.0 Å². The molecule has 2 atom stereocenters. The van der Waals surface area contributed by atoms with Crippen LogP contribution in [0.2, 0.25) is 0 Å². The molecular formula is C5H9O8P. The molecule has 0 aliphatic rings. The van der Waals surface area contributed by atoms with Crippen LogP contribution in [0.3, 0.4) is 0 Å². The molecule has 0 aromatic rings. The Morgan fingerprint density at radius 1 is 1.50 bits per heavy atom. The Labute approximate surface area is 78.7 Å². The van der Waals surface area contributed by atoms with E-state index in [4.69, 9.17) is 15.1 Å². The van der Waals surface area contributed by atoms with Gasteiger partial charge in [-0.2, -0.15) is 0 Å². The molecule has 0 rings (SSSR count). The van der Waals surface area contributed by atoms with E-state index in [1.165, 1.54) is 6.92 Å². The zero-order valence-electron chi connectivity index (χ0n) is 7.11. The molecule has 0 aliphatic heterocycles. The summed E-state index contributed by atoms with van der Waals surface area (Å²) in [6, 6.07) is 0. The maximum Gasteiger partial charge on any atom is 0.530 e. The van der Waals surface area contributed by atoms with Gasteiger partial charge in [0, 0.05) is 0 Å². The standard InChI is InChI=1S/C5H9O8P/c1-3(2-6)12-14(10,11)13-5(9)4(7)8/h3,6H,2H2,1H3,(H,7,8)(H,10,11). The van der Waals surface area contributed by atoms with Crippen LogP contribution < -0.4 is 0 Å². The summed E-state index contributed by atoms with van der Waals surface area (Å²) in [5, 5.41) is 16.5. The van der Waals surface area contributed by atoms with E-state index in [9.17, 15) is 14.2 Å². The number of carbonyl (C=O) groups is 2. The Morgan fingerprint density at radius 3 is 2.36 bits per heavy atom. The highest BCUT2D eigenvalue weighted by atomic mass is 31.2. The van der Waals surface area contributed by atoms with Gasteiger partial charge in [-0.25, -0.2) is 14.2 Å². The molecule has 0 aromatic heterocycles. The second-order valence-electron chi connectivity index (χ2n) is 2.25. The van der Waals surface area contributed by atoms with E-state index < -0.39 is 32.5 Å². The first kappa shape index (κ1) is 13.1. The minimum atomic E-state index is -4.77. The maximum absolute atomic E-state index is 10.8. The van der Waals surface area contributed by atoms with E-state index in [2.05, 4.69) is 9.05 Å². The van der Waals surface area contributed by atoms with Crippen molar-refractivity contribution in [2.75, 3.05) is 6.61 Å². The van der Waals surface area contributed by atoms with Crippen molar-refractivity contribution in [2.24, 2.45) is 0 Å². The van der Waals surface area contributed by atoms with Gasteiger partial charge in [0.05, 0.1) is 12.7 Å². The average Bonchev–Trinajstić information content (AvgIpc) is 2.02. The largest absolute Gasteiger partial charge is 0.530 e. The number of hydrogen-bond acceptors (Lipinski definition) is 6. The third kappa shape index (κ3) is 4.93. The summed E-state index contributed by atoms with van der Waals surface area (Å²) in [5.74, 6) is -3.92. The molecule has 82 valence electrons. The van der Waals surface area contributed by atoms with Gasteiger partial charge in [0.2, 0.25) is 0 Å². The monoisotopic (exact) mass is 228 g/mol. The van der Waals surface area contributed by atoms with Crippen LogP contribution in [0, 0.1) is 0 Å². The smallest absolute Gasteiger partial charge is 0.473 e. The number of aliphatic hydroxyl groups is 1. The normalized spacial score (nSPS) is 16.8. The number of hydrogen-bond donors (Lipinski definition) is 3. The van der Waals surface area contributed by atoms with Gasteiger partial charge < -0.3 is 14.7 Å². The van der Waals surface area contributed by atoms with Crippen LogP contribution in [-0.4, -0.2) is 39.8 Å². The topological polar surface area (TPSA) is 130 Å². The molecule has 0 fully saturated rings. The molecule has 0 radical (unpaired) electrons. The van der Waals surface area contributed by atoms with E-state index in [1.54, 1.807) is 0 Å². The molecule has 0 bridgehead atoms. The minimum Gasteiger partial charge on any atom is -0.473 e. The third-order valence-electron chi connectivity index (χ3n) is 0.943. The van der Waals surface area contributed by atoms with Gasteiger partial charge in [0.1, 0.15) is 0 Å². The summed E-state index contributed by atoms with van der Waals surface area (Å²) in [5.41, 5.74) is 0. The highest BCUT2D eigenvalue weighted by molar-refractivity contribution is 7.48. The number of carboxylic acid groups (broad SMARTS) is 1. The molecule has 2 unspecified atom stereocenters. The Hall–Kier alpha value is -0.950. The van der Waals surface area contributed by atoms with Gasteiger partial charge in [-0.05, 0) is 6.92 Å². The quantitative estimate of drug-likeness (QED) is 0.417. The summed E-state index contributed by atoms with van der Waals surface area (Å²) in [7, 11) is -4.77. The van der Waals surface area contributed by atoms with Crippen LogP contribution in [0.15, 0.2) is 0 Å². The molecule has 0 heterocycles. The van der Waals surface area contributed by atoms with Crippen LogP contribution in [0.4, 0.5) is 0 Å². The fraction of sp³-hybridized carbons (Fsp3) is 0.600. The van der Waals surface area contributed by atoms with E-state index in [1.807, 2.05) is 0 Å². The summed E-state index contributed by atoms with van der Waals surface area (Å²) < 4.78 is 18.6. The first-order chi connectivity index (χ1) is 6.28. The van der Waals surface area contributed by atoms with Crippen LogP contribution in [0.25, 0.3) is 0 Å². The first-order valence-corrected chi connectivity index (χ1v) is 4.87. The van der Waals surface area contributed by atoms with Gasteiger partial charge in [-0.15, -0.1) is 0 Å². The van der Waals surface area contributed by atoms with Crippen molar-refractivity contribution >= 4 is 19.8 Å². The molecule has 3 N–H and O–H groups in total. The van der Waals surface area contributed by atoms with E-state index in [-0.39, 0.29) is 0 Å². The fourth-order valence-electron chi connectivity index (χ4n) is 0.426. The lowest BCUT2D eigenvalue weighted by Gasteiger charge is -2.13. The summed E-state index contributed by atoms with van der Waals surface area (Å²) >= 11 is 0. The van der Waals surface area contributed by atoms with E-state index >= 15 is 0 Å². The van der Waals surface area contributed by atoms with Gasteiger partial charge in [0.25, 0.3) is 0 Å². The Morgan fingerprint density at radius 2 is 2.00 bits per heavy atom. The zero-order valence-corrected chi connectivity index (χ0v) is 8.01. The summed E-state index contributed by atoms with van der Waals surface area (Å²) in [6.45, 7) is 0.659. The lowest BCUT2D eigenvalue weighted by atomic mass is 10.5. The number of phosphoric acid groups is 1.